The minimum atomic E-state index is -2.58. The molecular formula is C42H30ClNOSi. The lowest BCUT2D eigenvalue weighted by atomic mass is 9.90. The van der Waals surface area contributed by atoms with Gasteiger partial charge in [0.05, 0.1) is 0 Å². The zero-order chi connectivity index (χ0) is 30.7. The number of hydrogen-bond donors (Lipinski definition) is 0. The van der Waals surface area contributed by atoms with Crippen molar-refractivity contribution in [1.82, 2.24) is 0 Å². The fraction of sp³-hybridized carbons (Fsp3) is 0.0476. The smallest absolute Gasteiger partial charge is 0.176 e. The molecule has 0 bridgehead atoms. The third-order valence-corrected chi connectivity index (χ3v) is 15.1. The molecule has 4 heteroatoms. The third kappa shape index (κ3) is 4.09. The van der Waals surface area contributed by atoms with Gasteiger partial charge in [0, 0.05) is 38.8 Å². The van der Waals surface area contributed by atoms with Gasteiger partial charge in [0.2, 0.25) is 0 Å². The lowest BCUT2D eigenvalue weighted by Crippen LogP contribution is -2.66. The fourth-order valence-corrected chi connectivity index (χ4v) is 13.7. The quantitative estimate of drug-likeness (QED) is 0.177. The van der Waals surface area contributed by atoms with Crippen LogP contribution >= 0.6 is 11.6 Å². The van der Waals surface area contributed by atoms with Gasteiger partial charge in [-0.2, -0.15) is 0 Å². The molecule has 0 fully saturated rings. The van der Waals surface area contributed by atoms with E-state index in [9.17, 15) is 0 Å². The van der Waals surface area contributed by atoms with Gasteiger partial charge >= 0.3 is 0 Å². The highest BCUT2D eigenvalue weighted by molar-refractivity contribution is 7.17. The van der Waals surface area contributed by atoms with Gasteiger partial charge in [0.25, 0.3) is 0 Å². The molecular weight excluding hydrogens is 598 g/mol. The Balaban J connectivity index is 1.27. The van der Waals surface area contributed by atoms with Crippen molar-refractivity contribution in [2.24, 2.45) is 0 Å². The predicted molar refractivity (Wildman–Crippen MR) is 195 cm³/mol. The second kappa shape index (κ2) is 10.8. The molecule has 2 aliphatic rings. The Kier molecular flexibility index (Phi) is 6.37. The van der Waals surface area contributed by atoms with E-state index in [1.54, 1.807) is 0 Å². The second-order valence-electron chi connectivity index (χ2n) is 12.2. The fourth-order valence-electron chi connectivity index (χ4n) is 7.93. The molecule has 1 aromatic heterocycles. The molecule has 7 aromatic rings. The highest BCUT2D eigenvalue weighted by atomic mass is 35.5. The van der Waals surface area contributed by atoms with Gasteiger partial charge in [-0.1, -0.05) is 126 Å². The van der Waals surface area contributed by atoms with Crippen LogP contribution in [-0.4, -0.2) is 8.07 Å². The predicted octanol–water partition coefficient (Wildman–Crippen LogP) is 9.40. The number of allylic oxidation sites excluding steroid dienone is 4. The van der Waals surface area contributed by atoms with Gasteiger partial charge in [0.1, 0.15) is 11.2 Å². The molecule has 0 saturated carbocycles. The second-order valence-corrected chi connectivity index (χ2v) is 16.4. The van der Waals surface area contributed by atoms with E-state index >= 15 is 0 Å². The van der Waals surface area contributed by atoms with E-state index in [1.165, 1.54) is 32.0 Å². The van der Waals surface area contributed by atoms with E-state index < -0.39 is 8.07 Å². The molecule has 1 aliphatic carbocycles. The zero-order valence-electron chi connectivity index (χ0n) is 25.1. The highest BCUT2D eigenvalue weighted by Crippen LogP contribution is 2.47. The van der Waals surface area contributed by atoms with Crippen molar-refractivity contribution >= 4 is 68.5 Å². The van der Waals surface area contributed by atoms with Crippen LogP contribution in [0.1, 0.15) is 17.9 Å². The van der Waals surface area contributed by atoms with Gasteiger partial charge in [-0.05, 0) is 82.2 Å². The van der Waals surface area contributed by atoms with Crippen molar-refractivity contribution in [2.75, 3.05) is 4.90 Å². The molecule has 6 aromatic carbocycles. The molecule has 46 heavy (non-hydrogen) atoms. The molecule has 1 atom stereocenters. The zero-order valence-corrected chi connectivity index (χ0v) is 26.9. The number of benzene rings is 6. The largest absolute Gasteiger partial charge is 0.456 e. The lowest BCUT2D eigenvalue weighted by molar-refractivity contribution is 0.669. The summed E-state index contributed by atoms with van der Waals surface area (Å²) in [5.74, 6) is 0.240. The molecule has 2 heterocycles. The van der Waals surface area contributed by atoms with Crippen LogP contribution in [0.25, 0.3) is 21.9 Å². The van der Waals surface area contributed by atoms with E-state index in [-0.39, 0.29) is 5.92 Å². The first-order chi connectivity index (χ1) is 22.7. The van der Waals surface area contributed by atoms with Gasteiger partial charge in [-0.25, -0.2) is 0 Å². The summed E-state index contributed by atoms with van der Waals surface area (Å²) in [6.07, 6.45) is 5.71. The van der Waals surface area contributed by atoms with Crippen molar-refractivity contribution in [3.63, 3.8) is 0 Å². The Morgan fingerprint density at radius 3 is 1.98 bits per heavy atom. The van der Waals surface area contributed by atoms with Gasteiger partial charge < -0.3 is 9.32 Å². The van der Waals surface area contributed by atoms with Crippen molar-refractivity contribution in [3.8, 4) is 0 Å². The Morgan fingerprint density at radius 2 is 1.24 bits per heavy atom. The average molecular weight is 628 g/mol. The number of nitrogens with zero attached hydrogens (tertiary/aromatic N) is 1. The summed E-state index contributed by atoms with van der Waals surface area (Å²) < 4.78 is 6.20. The van der Waals surface area contributed by atoms with Crippen molar-refractivity contribution in [3.05, 3.63) is 185 Å². The number of anilines is 2. The number of fused-ring (bicyclic) bond motifs is 6. The summed E-state index contributed by atoms with van der Waals surface area (Å²) in [7, 11) is -2.58. The summed E-state index contributed by atoms with van der Waals surface area (Å²) in [4.78, 5) is 2.43. The first kappa shape index (κ1) is 27.2. The monoisotopic (exact) mass is 627 g/mol. The average Bonchev–Trinajstić information content (AvgIpc) is 3.62. The van der Waals surface area contributed by atoms with E-state index in [0.717, 1.165) is 44.8 Å². The SMILES string of the molecule is Clc1ccc2c(c1)[Si](c1ccccc1)(c1ccccc1)C1=CC=C(N(c3ccccc3)c3ccc4oc5ccccc5c4c3)CC12. The van der Waals surface area contributed by atoms with Crippen LogP contribution in [-0.2, 0) is 0 Å². The van der Waals surface area contributed by atoms with Crippen molar-refractivity contribution < 1.29 is 4.42 Å². The Morgan fingerprint density at radius 1 is 0.587 bits per heavy atom. The number of rotatable bonds is 5. The molecule has 1 aliphatic heterocycles. The molecule has 0 radical (unpaired) electrons. The number of para-hydroxylation sites is 2. The summed E-state index contributed by atoms with van der Waals surface area (Å²) >= 11 is 6.82. The summed E-state index contributed by atoms with van der Waals surface area (Å²) in [5, 5.41) is 8.77. The van der Waals surface area contributed by atoms with Gasteiger partial charge in [-0.3, -0.25) is 0 Å². The van der Waals surface area contributed by atoms with Crippen LogP contribution in [0.15, 0.2) is 179 Å². The number of furan rings is 1. The first-order valence-corrected chi connectivity index (χ1v) is 18.2. The third-order valence-electron chi connectivity index (χ3n) is 9.81. The molecule has 1 unspecified atom stereocenters. The maximum Gasteiger partial charge on any atom is 0.176 e. The highest BCUT2D eigenvalue weighted by Gasteiger charge is 2.53. The molecule has 0 N–H and O–H groups in total. The topological polar surface area (TPSA) is 16.4 Å². The number of hydrogen-bond acceptors (Lipinski definition) is 2. The summed E-state index contributed by atoms with van der Waals surface area (Å²) in [6, 6.07) is 54.5. The van der Waals surface area contributed by atoms with E-state index in [4.69, 9.17) is 16.0 Å². The molecule has 9 rings (SSSR count). The van der Waals surface area contributed by atoms with E-state index in [2.05, 4.69) is 157 Å². The maximum atomic E-state index is 6.82. The Bertz CT molecular complexity index is 2270. The van der Waals surface area contributed by atoms with Crippen LogP contribution in [0.2, 0.25) is 5.02 Å². The molecule has 220 valence electrons. The van der Waals surface area contributed by atoms with Crippen LogP contribution in [0.4, 0.5) is 11.4 Å². The maximum absolute atomic E-state index is 6.82. The van der Waals surface area contributed by atoms with E-state index in [1.807, 2.05) is 12.1 Å². The van der Waals surface area contributed by atoms with Gasteiger partial charge in [-0.15, -0.1) is 0 Å². The normalized spacial score (nSPS) is 16.5. The Labute approximate surface area is 274 Å². The summed E-state index contributed by atoms with van der Waals surface area (Å²) in [6.45, 7) is 0. The van der Waals surface area contributed by atoms with Crippen molar-refractivity contribution in [2.45, 2.75) is 12.3 Å². The first-order valence-electron chi connectivity index (χ1n) is 15.8. The van der Waals surface area contributed by atoms with Crippen LogP contribution in [0, 0.1) is 0 Å². The van der Waals surface area contributed by atoms with E-state index in [0.29, 0.717) is 0 Å². The molecule has 0 spiro atoms. The van der Waals surface area contributed by atoms with Gasteiger partial charge in [0.15, 0.2) is 8.07 Å². The lowest BCUT2D eigenvalue weighted by Gasteiger charge is -2.36. The molecule has 0 amide bonds. The standard InChI is InChI=1S/C42H30ClNOSi/c43-29-20-23-36-38-28-32(22-25-41(38)46(42(36)26-29,33-14-6-2-7-15-33)34-16-8-3-9-17-34)44(30-12-4-1-5-13-30)31-21-24-40-37(27-31)35-18-10-11-19-39(35)45-40/h1-27,38H,28H2. The summed E-state index contributed by atoms with van der Waals surface area (Å²) in [5.41, 5.74) is 6.73. The number of halogens is 1. The minimum Gasteiger partial charge on any atom is -0.456 e. The van der Waals surface area contributed by atoms with Crippen molar-refractivity contribution in [1.29, 1.82) is 0 Å². The molecule has 2 nitrogen and oxygen atoms in total. The van der Waals surface area contributed by atoms with Crippen LogP contribution in [0.5, 0.6) is 0 Å². The van der Waals surface area contributed by atoms with Crippen LogP contribution < -0.4 is 20.5 Å². The Hall–Kier alpha value is -5.09. The van der Waals surface area contributed by atoms with Crippen LogP contribution in [0.3, 0.4) is 0 Å². The molecule has 0 saturated heterocycles. The minimum absolute atomic E-state index is 0.240.